The molecule has 5 nitrogen and oxygen atoms in total. The molecule has 2 amide bonds. The molecule has 2 N–H and O–H groups in total. The highest BCUT2D eigenvalue weighted by molar-refractivity contribution is 5.78. The van der Waals surface area contributed by atoms with E-state index in [9.17, 15) is 9.59 Å². The Hall–Kier alpha value is -1.88. The van der Waals surface area contributed by atoms with Crippen molar-refractivity contribution in [2.45, 2.75) is 58.4 Å². The van der Waals surface area contributed by atoms with Crippen LogP contribution in [0.4, 0.5) is 0 Å². The second kappa shape index (κ2) is 10.1. The summed E-state index contributed by atoms with van der Waals surface area (Å²) in [5.41, 5.74) is 2.46. The van der Waals surface area contributed by atoms with E-state index in [-0.39, 0.29) is 17.9 Å². The molecule has 1 saturated carbocycles. The molecule has 2 aliphatic rings. The van der Waals surface area contributed by atoms with Gasteiger partial charge in [0.1, 0.15) is 0 Å². The smallest absolute Gasteiger partial charge is 0.234 e. The van der Waals surface area contributed by atoms with Gasteiger partial charge in [-0.2, -0.15) is 0 Å². The SMILES string of the molecule is CCCC(=O)NCC1CCCN(CC(=O)NC(c2ccc(C)cc2)C2CC2)C1. The van der Waals surface area contributed by atoms with Crippen LogP contribution in [0.2, 0.25) is 0 Å². The van der Waals surface area contributed by atoms with E-state index >= 15 is 0 Å². The number of carbonyl (C=O) groups excluding carboxylic acids is 2. The van der Waals surface area contributed by atoms with E-state index in [1.165, 1.54) is 24.0 Å². The van der Waals surface area contributed by atoms with Crippen molar-refractivity contribution in [3.63, 3.8) is 0 Å². The molecule has 2 atom stereocenters. The molecule has 154 valence electrons. The minimum Gasteiger partial charge on any atom is -0.356 e. The summed E-state index contributed by atoms with van der Waals surface area (Å²) in [7, 11) is 0. The standard InChI is InChI=1S/C23H35N3O2/c1-3-5-21(27)24-14-18-6-4-13-26(15-18)16-22(28)25-23(20-11-12-20)19-9-7-17(2)8-10-19/h7-10,18,20,23H,3-6,11-16H2,1-2H3,(H,24,27)(H,25,28). The van der Waals surface area contributed by atoms with E-state index in [2.05, 4.69) is 46.7 Å². The first-order chi connectivity index (χ1) is 13.5. The summed E-state index contributed by atoms with van der Waals surface area (Å²) in [4.78, 5) is 26.7. The van der Waals surface area contributed by atoms with Crippen LogP contribution < -0.4 is 10.6 Å². The second-order valence-corrected chi connectivity index (χ2v) is 8.59. The van der Waals surface area contributed by atoms with E-state index in [1.807, 2.05) is 6.92 Å². The summed E-state index contributed by atoms with van der Waals surface area (Å²) in [5.74, 6) is 1.28. The van der Waals surface area contributed by atoms with Crippen molar-refractivity contribution in [2.24, 2.45) is 11.8 Å². The molecule has 0 radical (unpaired) electrons. The van der Waals surface area contributed by atoms with Crippen molar-refractivity contribution >= 4 is 11.8 Å². The molecule has 2 fully saturated rings. The number of benzene rings is 1. The van der Waals surface area contributed by atoms with Crippen LogP contribution in [0, 0.1) is 18.8 Å². The van der Waals surface area contributed by atoms with Gasteiger partial charge >= 0.3 is 0 Å². The van der Waals surface area contributed by atoms with Gasteiger partial charge in [0, 0.05) is 19.5 Å². The van der Waals surface area contributed by atoms with Crippen LogP contribution >= 0.6 is 0 Å². The lowest BCUT2D eigenvalue weighted by molar-refractivity contribution is -0.124. The van der Waals surface area contributed by atoms with E-state index in [0.717, 1.165) is 38.9 Å². The summed E-state index contributed by atoms with van der Waals surface area (Å²) >= 11 is 0. The molecule has 28 heavy (non-hydrogen) atoms. The van der Waals surface area contributed by atoms with Crippen molar-refractivity contribution in [3.8, 4) is 0 Å². The van der Waals surface area contributed by atoms with Gasteiger partial charge in [-0.25, -0.2) is 0 Å². The van der Waals surface area contributed by atoms with Crippen molar-refractivity contribution < 1.29 is 9.59 Å². The fourth-order valence-corrected chi connectivity index (χ4v) is 4.13. The average molecular weight is 386 g/mol. The molecule has 1 heterocycles. The maximum atomic E-state index is 12.7. The summed E-state index contributed by atoms with van der Waals surface area (Å²) in [5, 5.41) is 6.34. The molecule has 1 aromatic carbocycles. The second-order valence-electron chi connectivity index (χ2n) is 8.59. The fourth-order valence-electron chi connectivity index (χ4n) is 4.13. The van der Waals surface area contributed by atoms with Gasteiger partial charge in [0.15, 0.2) is 0 Å². The summed E-state index contributed by atoms with van der Waals surface area (Å²) < 4.78 is 0. The lowest BCUT2D eigenvalue weighted by Crippen LogP contribution is -2.45. The Kier molecular flexibility index (Phi) is 7.49. The van der Waals surface area contributed by atoms with Gasteiger partial charge in [-0.3, -0.25) is 14.5 Å². The Morgan fingerprint density at radius 1 is 1.14 bits per heavy atom. The van der Waals surface area contributed by atoms with Crippen LogP contribution in [-0.4, -0.2) is 42.9 Å². The van der Waals surface area contributed by atoms with E-state index in [0.29, 0.717) is 24.8 Å². The lowest BCUT2D eigenvalue weighted by atomic mass is 9.97. The van der Waals surface area contributed by atoms with Gasteiger partial charge < -0.3 is 10.6 Å². The zero-order valence-electron chi connectivity index (χ0n) is 17.4. The number of amides is 2. The largest absolute Gasteiger partial charge is 0.356 e. The molecule has 1 aliphatic carbocycles. The van der Waals surface area contributed by atoms with Crippen LogP contribution in [0.1, 0.15) is 62.6 Å². The van der Waals surface area contributed by atoms with Crippen LogP contribution in [0.5, 0.6) is 0 Å². The predicted octanol–water partition coefficient (Wildman–Crippen LogP) is 3.19. The summed E-state index contributed by atoms with van der Waals surface area (Å²) in [6.45, 7) is 7.14. The van der Waals surface area contributed by atoms with Gasteiger partial charge in [0.2, 0.25) is 11.8 Å². The number of nitrogens with one attached hydrogen (secondary N) is 2. The molecular formula is C23H35N3O2. The number of likely N-dealkylation sites (tertiary alicyclic amines) is 1. The zero-order valence-corrected chi connectivity index (χ0v) is 17.4. The average Bonchev–Trinajstić information content (AvgIpc) is 3.51. The number of hydrogen-bond donors (Lipinski definition) is 2. The van der Waals surface area contributed by atoms with Gasteiger partial charge in [-0.15, -0.1) is 0 Å². The topological polar surface area (TPSA) is 61.4 Å². The molecule has 5 heteroatoms. The normalized spacial score (nSPS) is 21.1. The third kappa shape index (κ3) is 6.33. The maximum Gasteiger partial charge on any atom is 0.234 e. The number of rotatable bonds is 9. The van der Waals surface area contributed by atoms with Crippen molar-refractivity contribution in [3.05, 3.63) is 35.4 Å². The maximum absolute atomic E-state index is 12.7. The molecule has 1 saturated heterocycles. The van der Waals surface area contributed by atoms with Gasteiger partial charge in [0.05, 0.1) is 12.6 Å². The lowest BCUT2D eigenvalue weighted by Gasteiger charge is -2.32. The minimum atomic E-state index is 0.119. The molecule has 2 unspecified atom stereocenters. The number of hydrogen-bond acceptors (Lipinski definition) is 3. The third-order valence-corrected chi connectivity index (χ3v) is 5.88. The van der Waals surface area contributed by atoms with E-state index in [4.69, 9.17) is 0 Å². The molecule has 1 aromatic rings. The van der Waals surface area contributed by atoms with Crippen molar-refractivity contribution in [2.75, 3.05) is 26.2 Å². The first-order valence-electron chi connectivity index (χ1n) is 10.9. The fraction of sp³-hybridized carbons (Fsp3) is 0.652. The van der Waals surface area contributed by atoms with Crippen molar-refractivity contribution in [1.82, 2.24) is 15.5 Å². The van der Waals surface area contributed by atoms with Crippen LogP contribution in [0.15, 0.2) is 24.3 Å². The van der Waals surface area contributed by atoms with Crippen molar-refractivity contribution in [1.29, 1.82) is 0 Å². The molecular weight excluding hydrogens is 350 g/mol. The van der Waals surface area contributed by atoms with E-state index in [1.54, 1.807) is 0 Å². The molecule has 0 aromatic heterocycles. The van der Waals surface area contributed by atoms with Gasteiger partial charge in [-0.1, -0.05) is 36.8 Å². The Balaban J connectivity index is 1.47. The molecule has 0 spiro atoms. The number of carbonyl (C=O) groups is 2. The third-order valence-electron chi connectivity index (χ3n) is 5.88. The van der Waals surface area contributed by atoms with Crippen LogP contribution in [0.25, 0.3) is 0 Å². The number of piperidine rings is 1. The van der Waals surface area contributed by atoms with Crippen LogP contribution in [0.3, 0.4) is 0 Å². The Morgan fingerprint density at radius 2 is 1.89 bits per heavy atom. The quantitative estimate of drug-likeness (QED) is 0.686. The number of nitrogens with zero attached hydrogens (tertiary/aromatic N) is 1. The first-order valence-corrected chi connectivity index (χ1v) is 10.9. The van der Waals surface area contributed by atoms with Gasteiger partial charge in [-0.05, 0) is 63.0 Å². The highest BCUT2D eigenvalue weighted by atomic mass is 16.2. The highest BCUT2D eigenvalue weighted by Gasteiger charge is 2.33. The minimum absolute atomic E-state index is 0.119. The Labute approximate surface area is 169 Å². The molecule has 0 bridgehead atoms. The van der Waals surface area contributed by atoms with E-state index < -0.39 is 0 Å². The first kappa shape index (κ1) is 20.8. The summed E-state index contributed by atoms with van der Waals surface area (Å²) in [6.07, 6.45) is 6.08. The predicted molar refractivity (Wildman–Crippen MR) is 112 cm³/mol. The number of aryl methyl sites for hydroxylation is 1. The monoisotopic (exact) mass is 385 g/mol. The van der Waals surface area contributed by atoms with Gasteiger partial charge in [0.25, 0.3) is 0 Å². The molecule has 1 aliphatic heterocycles. The Morgan fingerprint density at radius 3 is 2.57 bits per heavy atom. The summed E-state index contributed by atoms with van der Waals surface area (Å²) in [6, 6.07) is 8.68. The van der Waals surface area contributed by atoms with Crippen LogP contribution in [-0.2, 0) is 9.59 Å². The zero-order chi connectivity index (χ0) is 19.9. The Bertz CT molecular complexity index is 654. The molecule has 3 rings (SSSR count). The highest BCUT2D eigenvalue weighted by Crippen LogP contribution is 2.41.